The molecule has 2 aromatic rings. The van der Waals surface area contributed by atoms with Crippen LogP contribution in [0.1, 0.15) is 92.3 Å². The van der Waals surface area contributed by atoms with E-state index in [1.807, 2.05) is 19.9 Å². The Hall–Kier alpha value is -1.76. The lowest BCUT2D eigenvalue weighted by Gasteiger charge is -2.16. The molecule has 2 aromatic carbocycles. The number of rotatable bonds is 3. The molecule has 1 heteroatoms. The smallest absolute Gasteiger partial charge is 0.122 e. The van der Waals surface area contributed by atoms with E-state index in [0.717, 1.165) is 5.75 Å². The number of hydrogen-bond acceptors (Lipinski definition) is 1. The summed E-state index contributed by atoms with van der Waals surface area (Å²) in [6, 6.07) is 8.70. The van der Waals surface area contributed by atoms with Crippen LogP contribution in [0.5, 0.6) is 5.75 Å². The largest absolute Gasteiger partial charge is 0.496 e. The molecule has 0 radical (unpaired) electrons. The number of methoxy groups -OCH3 is 1. The van der Waals surface area contributed by atoms with E-state index in [-0.39, 0.29) is 0 Å². The fourth-order valence-electron chi connectivity index (χ4n) is 4.06. The van der Waals surface area contributed by atoms with Crippen LogP contribution in [0.15, 0.2) is 24.3 Å². The van der Waals surface area contributed by atoms with E-state index in [1.165, 1.54) is 38.9 Å². The van der Waals surface area contributed by atoms with E-state index in [0.29, 0.717) is 11.8 Å². The Labute approximate surface area is 169 Å². The van der Waals surface area contributed by atoms with E-state index in [4.69, 9.17) is 4.74 Å². The molecule has 1 nitrogen and oxygen atoms in total. The molecule has 0 spiro atoms. The van der Waals surface area contributed by atoms with Crippen LogP contribution in [-0.4, -0.2) is 7.11 Å². The predicted molar refractivity (Wildman–Crippen MR) is 123 cm³/mol. The maximum absolute atomic E-state index is 5.29. The molecular formula is C26H42O. The Morgan fingerprint density at radius 2 is 1.11 bits per heavy atom. The zero-order chi connectivity index (χ0) is 21.3. The van der Waals surface area contributed by atoms with Crippen molar-refractivity contribution in [1.29, 1.82) is 0 Å². The SMILES string of the molecule is CC.COc1ccc(C)c(C(C)C)c1C.Cc1cc(C)c(C(C)C)c(C)c1. The first kappa shape index (κ1) is 25.2. The Bertz CT molecular complexity index is 685. The third-order valence-corrected chi connectivity index (χ3v) is 4.80. The van der Waals surface area contributed by atoms with Gasteiger partial charge < -0.3 is 4.74 Å². The summed E-state index contributed by atoms with van der Waals surface area (Å²) in [5.74, 6) is 2.20. The number of hydrogen-bond donors (Lipinski definition) is 0. The zero-order valence-electron chi connectivity index (χ0n) is 19.9. The predicted octanol–water partition coefficient (Wildman–Crippen LogP) is 8.20. The van der Waals surface area contributed by atoms with Gasteiger partial charge in [-0.3, -0.25) is 0 Å². The first-order valence-electron chi connectivity index (χ1n) is 10.3. The van der Waals surface area contributed by atoms with E-state index in [1.54, 1.807) is 7.11 Å². The van der Waals surface area contributed by atoms with Crippen molar-refractivity contribution in [2.45, 2.75) is 88.0 Å². The highest BCUT2D eigenvalue weighted by Crippen LogP contribution is 2.29. The summed E-state index contributed by atoms with van der Waals surface area (Å²) in [5, 5.41) is 0. The van der Waals surface area contributed by atoms with Crippen LogP contribution in [-0.2, 0) is 0 Å². The highest BCUT2D eigenvalue weighted by atomic mass is 16.5. The van der Waals surface area contributed by atoms with Crippen molar-refractivity contribution >= 4 is 0 Å². The third kappa shape index (κ3) is 7.05. The van der Waals surface area contributed by atoms with Gasteiger partial charge in [-0.2, -0.15) is 0 Å². The van der Waals surface area contributed by atoms with Crippen LogP contribution in [0.4, 0.5) is 0 Å². The zero-order valence-corrected chi connectivity index (χ0v) is 19.9. The van der Waals surface area contributed by atoms with Gasteiger partial charge in [0.2, 0.25) is 0 Å². The van der Waals surface area contributed by atoms with Gasteiger partial charge in [-0.25, -0.2) is 0 Å². The molecule has 0 aliphatic heterocycles. The minimum Gasteiger partial charge on any atom is -0.496 e. The van der Waals surface area contributed by atoms with Gasteiger partial charge in [0, 0.05) is 0 Å². The number of ether oxygens (including phenoxy) is 1. The van der Waals surface area contributed by atoms with Gasteiger partial charge in [0.1, 0.15) is 5.75 Å². The summed E-state index contributed by atoms with van der Waals surface area (Å²) in [5.41, 5.74) is 9.80. The standard InChI is InChI=1S/C12H18O.C12H18.C2H6/c1-8(2)12-9(3)6-7-11(13-5)10(12)4;1-8(2)12-10(4)6-9(3)7-11(12)5;1-2/h6-8H,1-5H3;6-8H,1-5H3;1-2H3. The molecule has 0 saturated heterocycles. The molecule has 0 fully saturated rings. The average Bonchev–Trinajstić information content (AvgIpc) is 2.56. The summed E-state index contributed by atoms with van der Waals surface area (Å²) in [4.78, 5) is 0. The number of aryl methyl sites for hydroxylation is 4. The normalized spacial score (nSPS) is 10.1. The molecule has 0 saturated carbocycles. The van der Waals surface area contributed by atoms with Gasteiger partial charge in [-0.1, -0.05) is 65.3 Å². The van der Waals surface area contributed by atoms with Crippen molar-refractivity contribution in [2.75, 3.05) is 7.11 Å². The second-order valence-corrected chi connectivity index (χ2v) is 7.75. The van der Waals surface area contributed by atoms with Gasteiger partial charge in [-0.15, -0.1) is 0 Å². The molecule has 0 unspecified atom stereocenters. The first-order chi connectivity index (χ1) is 12.6. The van der Waals surface area contributed by atoms with Gasteiger partial charge in [0.25, 0.3) is 0 Å². The topological polar surface area (TPSA) is 9.23 Å². The van der Waals surface area contributed by atoms with Crippen molar-refractivity contribution in [3.63, 3.8) is 0 Å². The van der Waals surface area contributed by atoms with E-state index in [9.17, 15) is 0 Å². The van der Waals surface area contributed by atoms with Crippen LogP contribution < -0.4 is 4.74 Å². The molecule has 152 valence electrons. The Morgan fingerprint density at radius 1 is 0.667 bits per heavy atom. The first-order valence-corrected chi connectivity index (χ1v) is 10.3. The van der Waals surface area contributed by atoms with E-state index < -0.39 is 0 Å². The van der Waals surface area contributed by atoms with E-state index in [2.05, 4.69) is 80.5 Å². The van der Waals surface area contributed by atoms with Gasteiger partial charge in [0.15, 0.2) is 0 Å². The Morgan fingerprint density at radius 3 is 1.48 bits per heavy atom. The molecule has 0 atom stereocenters. The lowest BCUT2D eigenvalue weighted by molar-refractivity contribution is 0.410. The summed E-state index contributed by atoms with van der Waals surface area (Å²) in [6.07, 6.45) is 0. The number of benzene rings is 2. The van der Waals surface area contributed by atoms with Crippen LogP contribution in [0, 0.1) is 34.6 Å². The lowest BCUT2D eigenvalue weighted by atomic mass is 9.92. The van der Waals surface area contributed by atoms with Gasteiger partial charge >= 0.3 is 0 Å². The highest BCUT2D eigenvalue weighted by Gasteiger charge is 2.10. The maximum atomic E-state index is 5.29. The van der Waals surface area contributed by atoms with Crippen molar-refractivity contribution in [3.8, 4) is 5.75 Å². The molecule has 0 bridgehead atoms. The van der Waals surface area contributed by atoms with Crippen molar-refractivity contribution < 1.29 is 4.74 Å². The summed E-state index contributed by atoms with van der Waals surface area (Å²) in [7, 11) is 1.72. The second-order valence-electron chi connectivity index (χ2n) is 7.75. The molecule has 0 heterocycles. The van der Waals surface area contributed by atoms with Gasteiger partial charge in [-0.05, 0) is 85.9 Å². The summed E-state index contributed by atoms with van der Waals surface area (Å²) in [6.45, 7) is 23.8. The van der Waals surface area contributed by atoms with E-state index >= 15 is 0 Å². The molecular weight excluding hydrogens is 328 g/mol. The maximum Gasteiger partial charge on any atom is 0.122 e. The van der Waals surface area contributed by atoms with Crippen molar-refractivity contribution in [3.05, 3.63) is 63.2 Å². The fourth-order valence-corrected chi connectivity index (χ4v) is 4.06. The van der Waals surface area contributed by atoms with Crippen LogP contribution >= 0.6 is 0 Å². The minimum atomic E-state index is 0.565. The molecule has 0 aromatic heterocycles. The van der Waals surface area contributed by atoms with Crippen LogP contribution in [0.2, 0.25) is 0 Å². The molecule has 0 aliphatic carbocycles. The summed E-state index contributed by atoms with van der Waals surface area (Å²) >= 11 is 0. The molecule has 0 N–H and O–H groups in total. The third-order valence-electron chi connectivity index (χ3n) is 4.80. The Kier molecular flexibility index (Phi) is 11.1. The van der Waals surface area contributed by atoms with Crippen LogP contribution in [0.3, 0.4) is 0 Å². The average molecular weight is 371 g/mol. The van der Waals surface area contributed by atoms with Crippen LogP contribution in [0.25, 0.3) is 0 Å². The summed E-state index contributed by atoms with van der Waals surface area (Å²) < 4.78 is 5.29. The lowest BCUT2D eigenvalue weighted by Crippen LogP contribution is -1.98. The molecule has 0 aliphatic rings. The Balaban J connectivity index is 0.000000460. The van der Waals surface area contributed by atoms with Crippen molar-refractivity contribution in [2.24, 2.45) is 0 Å². The highest BCUT2D eigenvalue weighted by molar-refractivity contribution is 5.45. The molecule has 0 amide bonds. The molecule has 2 rings (SSSR count). The fraction of sp³-hybridized carbons (Fsp3) is 0.538. The second kappa shape index (κ2) is 11.8. The molecule has 27 heavy (non-hydrogen) atoms. The van der Waals surface area contributed by atoms with Gasteiger partial charge in [0.05, 0.1) is 7.11 Å². The minimum absolute atomic E-state index is 0.565. The quantitative estimate of drug-likeness (QED) is 0.529. The van der Waals surface area contributed by atoms with Crippen molar-refractivity contribution in [1.82, 2.24) is 0 Å². The monoisotopic (exact) mass is 370 g/mol.